The van der Waals surface area contributed by atoms with E-state index < -0.39 is 0 Å². The molecule has 0 saturated carbocycles. The smallest absolute Gasteiger partial charge is 0.363 e. The molecule has 0 radical (unpaired) electrons. The van der Waals surface area contributed by atoms with Crippen LogP contribution in [-0.2, 0) is 9.59 Å². The van der Waals surface area contributed by atoms with Crippen LogP contribution >= 0.6 is 23.2 Å². The summed E-state index contributed by atoms with van der Waals surface area (Å²) in [7, 11) is 0. The van der Waals surface area contributed by atoms with Gasteiger partial charge in [-0.05, 0) is 38.0 Å². The van der Waals surface area contributed by atoms with Crippen LogP contribution in [0.5, 0.6) is 0 Å². The Bertz CT molecular complexity index is 600. The van der Waals surface area contributed by atoms with Gasteiger partial charge in [0.05, 0.1) is 10.0 Å². The van der Waals surface area contributed by atoms with Crippen LogP contribution in [0.1, 0.15) is 32.3 Å². The SMILES string of the molecule is CC1=CC(c2cccc(Cl)c2Cl)C(C)=C(C)N1.O=C=O. The second-order valence-electron chi connectivity index (χ2n) is 4.49. The van der Waals surface area contributed by atoms with Gasteiger partial charge < -0.3 is 5.32 Å². The molecule has 1 heterocycles. The number of benzene rings is 1. The van der Waals surface area contributed by atoms with Crippen molar-refractivity contribution in [3.8, 4) is 0 Å². The zero-order chi connectivity index (χ0) is 15.3. The molecule has 0 aliphatic carbocycles. The number of dihydropyridines is 1. The second kappa shape index (κ2) is 7.30. The minimum Gasteiger partial charge on any atom is -0.363 e. The van der Waals surface area contributed by atoms with Crippen molar-refractivity contribution >= 4 is 29.4 Å². The van der Waals surface area contributed by atoms with Crippen LogP contribution in [0, 0.1) is 0 Å². The van der Waals surface area contributed by atoms with E-state index in [1.54, 1.807) is 0 Å². The highest BCUT2D eigenvalue weighted by Gasteiger charge is 2.20. The topological polar surface area (TPSA) is 46.2 Å². The predicted molar refractivity (Wildman–Crippen MR) is 79.5 cm³/mol. The van der Waals surface area contributed by atoms with Gasteiger partial charge in [0, 0.05) is 17.3 Å². The van der Waals surface area contributed by atoms with Crippen LogP contribution in [0.4, 0.5) is 0 Å². The van der Waals surface area contributed by atoms with Crippen molar-refractivity contribution in [1.82, 2.24) is 5.32 Å². The summed E-state index contributed by atoms with van der Waals surface area (Å²) in [6.07, 6.45) is 2.43. The normalized spacial score (nSPS) is 17.4. The summed E-state index contributed by atoms with van der Waals surface area (Å²) in [6, 6.07) is 5.79. The molecule has 2 rings (SSSR count). The van der Waals surface area contributed by atoms with Gasteiger partial charge in [-0.1, -0.05) is 41.4 Å². The van der Waals surface area contributed by atoms with E-state index in [1.807, 2.05) is 18.2 Å². The van der Waals surface area contributed by atoms with E-state index in [2.05, 4.69) is 32.2 Å². The van der Waals surface area contributed by atoms with Gasteiger partial charge in [-0.25, -0.2) is 0 Å². The quantitative estimate of drug-likeness (QED) is 0.841. The summed E-state index contributed by atoms with van der Waals surface area (Å²) in [5, 5.41) is 4.59. The average molecular weight is 312 g/mol. The Hall–Kier alpha value is -1.54. The van der Waals surface area contributed by atoms with E-state index in [4.69, 9.17) is 32.8 Å². The number of carbonyl (C=O) groups excluding carboxylic acids is 2. The minimum absolute atomic E-state index is 0.211. The maximum atomic E-state index is 8.12. The summed E-state index contributed by atoms with van der Waals surface area (Å²) in [5.41, 5.74) is 4.68. The third-order valence-electron chi connectivity index (χ3n) is 3.18. The summed E-state index contributed by atoms with van der Waals surface area (Å²) in [6.45, 7) is 6.26. The molecule has 0 fully saturated rings. The van der Waals surface area contributed by atoms with Crippen LogP contribution in [0.15, 0.2) is 41.2 Å². The first-order chi connectivity index (χ1) is 9.42. The molecule has 1 unspecified atom stereocenters. The zero-order valence-corrected chi connectivity index (χ0v) is 13.0. The van der Waals surface area contributed by atoms with Crippen molar-refractivity contribution in [2.45, 2.75) is 26.7 Å². The van der Waals surface area contributed by atoms with E-state index in [1.165, 1.54) is 11.3 Å². The Morgan fingerprint density at radius 3 is 2.35 bits per heavy atom. The first kappa shape index (κ1) is 16.5. The van der Waals surface area contributed by atoms with Crippen LogP contribution in [0.2, 0.25) is 10.0 Å². The number of hydrogen-bond acceptors (Lipinski definition) is 3. The van der Waals surface area contributed by atoms with Crippen LogP contribution in [-0.4, -0.2) is 6.15 Å². The third-order valence-corrected chi connectivity index (χ3v) is 4.01. The monoisotopic (exact) mass is 311 g/mol. The van der Waals surface area contributed by atoms with E-state index in [9.17, 15) is 0 Å². The Morgan fingerprint density at radius 1 is 1.15 bits per heavy atom. The standard InChI is InChI=1S/C14H15Cl2N.CO2/c1-8-7-12(9(2)10(3)17-8)11-5-4-6-13(15)14(11)16;2-1-3/h4-7,12,17H,1-3H3;. The van der Waals surface area contributed by atoms with Gasteiger partial charge in [-0.15, -0.1) is 0 Å². The molecule has 1 aliphatic heterocycles. The zero-order valence-electron chi connectivity index (χ0n) is 11.5. The lowest BCUT2D eigenvalue weighted by atomic mass is 9.88. The summed E-state index contributed by atoms with van der Waals surface area (Å²) in [4.78, 5) is 16.2. The molecule has 1 aromatic carbocycles. The summed E-state index contributed by atoms with van der Waals surface area (Å²) < 4.78 is 0. The highest BCUT2D eigenvalue weighted by molar-refractivity contribution is 6.42. The van der Waals surface area contributed by atoms with Crippen molar-refractivity contribution in [3.05, 3.63) is 56.9 Å². The average Bonchev–Trinajstić information content (AvgIpc) is 2.38. The van der Waals surface area contributed by atoms with Crippen LogP contribution in [0.25, 0.3) is 0 Å². The van der Waals surface area contributed by atoms with Crippen molar-refractivity contribution < 1.29 is 9.59 Å². The highest BCUT2D eigenvalue weighted by atomic mass is 35.5. The van der Waals surface area contributed by atoms with Gasteiger partial charge in [-0.2, -0.15) is 9.59 Å². The summed E-state index contributed by atoms with van der Waals surface area (Å²) in [5.74, 6) is 0.211. The first-order valence-electron chi connectivity index (χ1n) is 5.98. The maximum absolute atomic E-state index is 8.12. The molecule has 20 heavy (non-hydrogen) atoms. The number of nitrogens with one attached hydrogen (secondary N) is 1. The molecule has 1 aromatic rings. The van der Waals surface area contributed by atoms with Crippen LogP contribution < -0.4 is 5.32 Å². The largest absolute Gasteiger partial charge is 0.373 e. The van der Waals surface area contributed by atoms with Gasteiger partial charge in [0.15, 0.2) is 0 Å². The van der Waals surface area contributed by atoms with Crippen molar-refractivity contribution in [2.75, 3.05) is 0 Å². The molecular formula is C15H15Cl2NO2. The fraction of sp³-hybridized carbons (Fsp3) is 0.267. The van der Waals surface area contributed by atoms with Gasteiger partial charge in [-0.3, -0.25) is 0 Å². The molecule has 0 bridgehead atoms. The van der Waals surface area contributed by atoms with Gasteiger partial charge in [0.1, 0.15) is 0 Å². The molecule has 1 aliphatic rings. The molecule has 0 aromatic heterocycles. The molecule has 3 nitrogen and oxygen atoms in total. The van der Waals surface area contributed by atoms with E-state index >= 15 is 0 Å². The van der Waals surface area contributed by atoms with Crippen LogP contribution in [0.3, 0.4) is 0 Å². The Kier molecular flexibility index (Phi) is 6.03. The Balaban J connectivity index is 0.000000612. The summed E-state index contributed by atoms with van der Waals surface area (Å²) >= 11 is 12.4. The minimum atomic E-state index is 0.211. The molecule has 0 spiro atoms. The van der Waals surface area contributed by atoms with Gasteiger partial charge in [0.2, 0.25) is 0 Å². The van der Waals surface area contributed by atoms with Gasteiger partial charge >= 0.3 is 6.15 Å². The molecule has 106 valence electrons. The third kappa shape index (κ3) is 3.73. The second-order valence-corrected chi connectivity index (χ2v) is 5.27. The number of allylic oxidation sites excluding steroid dienone is 4. The lowest BCUT2D eigenvalue weighted by molar-refractivity contribution is -0.191. The lowest BCUT2D eigenvalue weighted by Gasteiger charge is -2.25. The van der Waals surface area contributed by atoms with Crippen molar-refractivity contribution in [1.29, 1.82) is 0 Å². The van der Waals surface area contributed by atoms with Crippen molar-refractivity contribution in [2.24, 2.45) is 0 Å². The molecule has 1 atom stereocenters. The molecule has 1 N–H and O–H groups in total. The maximum Gasteiger partial charge on any atom is 0.373 e. The first-order valence-corrected chi connectivity index (χ1v) is 6.74. The van der Waals surface area contributed by atoms with E-state index in [0.29, 0.717) is 10.0 Å². The molecular weight excluding hydrogens is 297 g/mol. The lowest BCUT2D eigenvalue weighted by Crippen LogP contribution is -2.18. The molecule has 0 saturated heterocycles. The number of hydrogen-bond donors (Lipinski definition) is 1. The van der Waals surface area contributed by atoms with E-state index in [-0.39, 0.29) is 12.1 Å². The molecule has 5 heteroatoms. The molecule has 0 amide bonds. The van der Waals surface area contributed by atoms with E-state index in [0.717, 1.165) is 11.3 Å². The Labute approximate surface area is 128 Å². The highest BCUT2D eigenvalue weighted by Crippen LogP contribution is 2.37. The fourth-order valence-electron chi connectivity index (χ4n) is 2.13. The predicted octanol–water partition coefficient (Wildman–Crippen LogP) is 4.29. The number of halogens is 2. The fourth-order valence-corrected chi connectivity index (χ4v) is 2.55. The Morgan fingerprint density at radius 2 is 1.75 bits per heavy atom. The van der Waals surface area contributed by atoms with Gasteiger partial charge in [0.25, 0.3) is 0 Å². The van der Waals surface area contributed by atoms with Crippen molar-refractivity contribution in [3.63, 3.8) is 0 Å². The number of rotatable bonds is 1.